The van der Waals surface area contributed by atoms with E-state index in [9.17, 15) is 14.7 Å². The number of hydrogen-bond acceptors (Lipinski definition) is 5. The second-order valence-corrected chi connectivity index (χ2v) is 7.40. The Hall–Kier alpha value is -3.25. The fraction of sp³-hybridized carbons (Fsp3) is 0.136. The smallest absolute Gasteiger partial charge is 0.263 e. The standard InChI is InChI=1S/C22H18N2O3S/c1-2-14-3-7-16(8-4-14)18-12-28-20-19(18)21(25)24(13-23-20)11-15-5-9-17(10-6-15)22(26)27/h3-10,12-13H,2,11H2,1H3,(H,26,27)/p-1. The zero-order valence-corrected chi connectivity index (χ0v) is 16.0. The number of carbonyl (C=O) groups is 1. The third-order valence-corrected chi connectivity index (χ3v) is 5.66. The zero-order valence-electron chi connectivity index (χ0n) is 15.2. The third-order valence-electron chi connectivity index (χ3n) is 4.78. The van der Waals surface area contributed by atoms with Gasteiger partial charge in [0.15, 0.2) is 0 Å². The summed E-state index contributed by atoms with van der Waals surface area (Å²) < 4.78 is 1.55. The van der Waals surface area contributed by atoms with Crippen LogP contribution >= 0.6 is 11.3 Å². The van der Waals surface area contributed by atoms with E-state index in [-0.39, 0.29) is 11.1 Å². The molecular formula is C22H17N2O3S-. The summed E-state index contributed by atoms with van der Waals surface area (Å²) in [6.07, 6.45) is 2.51. The Balaban J connectivity index is 1.73. The van der Waals surface area contributed by atoms with E-state index in [2.05, 4.69) is 24.0 Å². The van der Waals surface area contributed by atoms with Gasteiger partial charge < -0.3 is 9.90 Å². The Kier molecular flexibility index (Phi) is 4.79. The van der Waals surface area contributed by atoms with Crippen LogP contribution in [0.3, 0.4) is 0 Å². The van der Waals surface area contributed by atoms with E-state index in [4.69, 9.17) is 0 Å². The van der Waals surface area contributed by atoms with Crippen LogP contribution in [0.15, 0.2) is 65.0 Å². The molecule has 0 aliphatic rings. The highest BCUT2D eigenvalue weighted by Crippen LogP contribution is 2.30. The summed E-state index contributed by atoms with van der Waals surface area (Å²) in [5, 5.41) is 13.5. The first kappa shape index (κ1) is 18.1. The maximum atomic E-state index is 13.1. The van der Waals surface area contributed by atoms with Crippen molar-refractivity contribution >= 4 is 27.5 Å². The number of carboxylic acids is 1. The Morgan fingerprint density at radius 1 is 1.07 bits per heavy atom. The third kappa shape index (κ3) is 3.34. The lowest BCUT2D eigenvalue weighted by molar-refractivity contribution is -0.255. The first-order valence-electron chi connectivity index (χ1n) is 8.93. The maximum Gasteiger partial charge on any atom is 0.263 e. The van der Waals surface area contributed by atoms with Crippen LogP contribution in [0.5, 0.6) is 0 Å². The van der Waals surface area contributed by atoms with E-state index in [0.717, 1.165) is 23.1 Å². The Bertz CT molecular complexity index is 1210. The quantitative estimate of drug-likeness (QED) is 0.526. The number of hydrogen-bond donors (Lipinski definition) is 0. The van der Waals surface area contributed by atoms with Crippen molar-refractivity contribution < 1.29 is 9.90 Å². The lowest BCUT2D eigenvalue weighted by atomic mass is 10.0. The molecule has 0 saturated carbocycles. The molecule has 0 saturated heterocycles. The highest BCUT2D eigenvalue weighted by atomic mass is 32.1. The minimum atomic E-state index is -1.22. The number of carboxylic acid groups (broad SMARTS) is 1. The van der Waals surface area contributed by atoms with Gasteiger partial charge in [-0.05, 0) is 28.7 Å². The van der Waals surface area contributed by atoms with Crippen molar-refractivity contribution in [3.8, 4) is 11.1 Å². The van der Waals surface area contributed by atoms with Gasteiger partial charge in [-0.25, -0.2) is 4.98 Å². The number of nitrogens with zero attached hydrogens (tertiary/aromatic N) is 2. The van der Waals surface area contributed by atoms with Crippen molar-refractivity contribution in [1.82, 2.24) is 9.55 Å². The molecule has 4 aromatic rings. The summed E-state index contributed by atoms with van der Waals surface area (Å²) >= 11 is 1.46. The van der Waals surface area contributed by atoms with Gasteiger partial charge in [0, 0.05) is 10.9 Å². The largest absolute Gasteiger partial charge is 0.545 e. The predicted molar refractivity (Wildman–Crippen MR) is 109 cm³/mol. The number of carbonyl (C=O) groups excluding carboxylic acids is 1. The number of rotatable bonds is 5. The van der Waals surface area contributed by atoms with Gasteiger partial charge in [0.05, 0.1) is 24.2 Å². The van der Waals surface area contributed by atoms with Crippen LogP contribution < -0.4 is 10.7 Å². The van der Waals surface area contributed by atoms with E-state index in [0.29, 0.717) is 16.8 Å². The molecule has 0 fully saturated rings. The van der Waals surface area contributed by atoms with Crippen molar-refractivity contribution in [3.05, 3.63) is 87.3 Å². The first-order valence-corrected chi connectivity index (χ1v) is 9.81. The van der Waals surface area contributed by atoms with Crippen molar-refractivity contribution in [2.24, 2.45) is 0 Å². The average molecular weight is 389 g/mol. The highest BCUT2D eigenvalue weighted by Gasteiger charge is 2.13. The second kappa shape index (κ2) is 7.40. The SMILES string of the molecule is CCc1ccc(-c2csc3ncn(Cc4ccc(C(=O)[O-])cc4)c(=O)c23)cc1. The van der Waals surface area contributed by atoms with Gasteiger partial charge >= 0.3 is 0 Å². The molecule has 0 unspecified atom stereocenters. The summed E-state index contributed by atoms with van der Waals surface area (Å²) in [5.74, 6) is -1.22. The van der Waals surface area contributed by atoms with Crippen LogP contribution in [0.25, 0.3) is 21.3 Å². The van der Waals surface area contributed by atoms with Gasteiger partial charge in [-0.3, -0.25) is 9.36 Å². The van der Waals surface area contributed by atoms with Crippen LogP contribution in [0, 0.1) is 0 Å². The van der Waals surface area contributed by atoms with Crippen molar-refractivity contribution in [2.75, 3.05) is 0 Å². The van der Waals surface area contributed by atoms with Gasteiger partial charge in [-0.2, -0.15) is 0 Å². The van der Waals surface area contributed by atoms with Crippen molar-refractivity contribution in [2.45, 2.75) is 19.9 Å². The molecule has 2 aromatic carbocycles. The fourth-order valence-corrected chi connectivity index (χ4v) is 4.06. The first-order chi connectivity index (χ1) is 13.6. The number of thiophene rings is 1. The number of aromatic nitrogens is 2. The molecule has 0 spiro atoms. The fourth-order valence-electron chi connectivity index (χ4n) is 3.16. The van der Waals surface area contributed by atoms with Crippen LogP contribution in [0.1, 0.15) is 28.4 Å². The highest BCUT2D eigenvalue weighted by molar-refractivity contribution is 7.17. The van der Waals surface area contributed by atoms with Crippen LogP contribution in [0.2, 0.25) is 0 Å². The molecule has 2 aromatic heterocycles. The van der Waals surface area contributed by atoms with E-state index in [1.54, 1.807) is 16.7 Å². The summed E-state index contributed by atoms with van der Waals surface area (Å²) in [4.78, 5) is 29.1. The maximum absolute atomic E-state index is 13.1. The van der Waals surface area contributed by atoms with E-state index in [1.165, 1.54) is 35.4 Å². The van der Waals surface area contributed by atoms with Gasteiger partial charge in [-0.15, -0.1) is 11.3 Å². The van der Waals surface area contributed by atoms with Crippen molar-refractivity contribution in [3.63, 3.8) is 0 Å². The average Bonchev–Trinajstić information content (AvgIpc) is 3.15. The van der Waals surface area contributed by atoms with E-state index in [1.807, 2.05) is 17.5 Å². The van der Waals surface area contributed by atoms with E-state index < -0.39 is 5.97 Å². The molecule has 6 heteroatoms. The minimum absolute atomic E-state index is 0.107. The molecule has 0 aliphatic carbocycles. The van der Waals surface area contributed by atoms with Crippen LogP contribution in [-0.4, -0.2) is 15.5 Å². The zero-order chi connectivity index (χ0) is 19.7. The predicted octanol–water partition coefficient (Wildman–Crippen LogP) is 3.10. The lowest BCUT2D eigenvalue weighted by Gasteiger charge is -2.08. The summed E-state index contributed by atoms with van der Waals surface area (Å²) in [6.45, 7) is 2.43. The molecule has 0 aliphatic heterocycles. The molecule has 5 nitrogen and oxygen atoms in total. The number of aromatic carboxylic acids is 1. The number of benzene rings is 2. The normalized spacial score (nSPS) is 11.0. The van der Waals surface area contributed by atoms with Gasteiger partial charge in [-0.1, -0.05) is 55.5 Å². The summed E-state index contributed by atoms with van der Waals surface area (Å²) in [7, 11) is 0. The molecule has 28 heavy (non-hydrogen) atoms. The molecule has 0 N–H and O–H groups in total. The van der Waals surface area contributed by atoms with Gasteiger partial charge in [0.25, 0.3) is 5.56 Å². The lowest BCUT2D eigenvalue weighted by Crippen LogP contribution is -2.22. The topological polar surface area (TPSA) is 75.0 Å². The number of fused-ring (bicyclic) bond motifs is 1. The molecule has 0 bridgehead atoms. The molecule has 0 atom stereocenters. The van der Waals surface area contributed by atoms with Crippen molar-refractivity contribution in [1.29, 1.82) is 0 Å². The van der Waals surface area contributed by atoms with E-state index >= 15 is 0 Å². The molecule has 2 heterocycles. The van der Waals surface area contributed by atoms with Crippen LogP contribution in [0.4, 0.5) is 0 Å². The second-order valence-electron chi connectivity index (χ2n) is 6.54. The van der Waals surface area contributed by atoms with Crippen LogP contribution in [-0.2, 0) is 13.0 Å². The monoisotopic (exact) mass is 389 g/mol. The van der Waals surface area contributed by atoms with Gasteiger partial charge in [0.1, 0.15) is 4.83 Å². The molecule has 140 valence electrons. The summed E-state index contributed by atoms with van der Waals surface area (Å²) in [6, 6.07) is 14.5. The minimum Gasteiger partial charge on any atom is -0.545 e. The molecule has 4 rings (SSSR count). The Labute approximate surface area is 165 Å². The summed E-state index contributed by atoms with van der Waals surface area (Å²) in [5.41, 5.74) is 3.96. The van der Waals surface area contributed by atoms with Gasteiger partial charge in [0.2, 0.25) is 0 Å². The molecular weight excluding hydrogens is 372 g/mol. The Morgan fingerprint density at radius 2 is 1.75 bits per heavy atom. The molecule has 0 radical (unpaired) electrons. The number of aryl methyl sites for hydroxylation is 1. The Morgan fingerprint density at radius 3 is 2.39 bits per heavy atom. The molecule has 0 amide bonds.